The van der Waals surface area contributed by atoms with Crippen LogP contribution in [0.2, 0.25) is 0 Å². The number of amides is 1. The van der Waals surface area contributed by atoms with Crippen LogP contribution in [0, 0.1) is 6.92 Å². The van der Waals surface area contributed by atoms with E-state index in [9.17, 15) is 9.90 Å². The molecule has 0 aliphatic heterocycles. The van der Waals surface area contributed by atoms with Gasteiger partial charge in [-0.15, -0.1) is 11.3 Å². The fraction of sp³-hybridized carbons (Fsp3) is 0.333. The molecule has 0 saturated carbocycles. The number of fused-ring (bicyclic) bond motifs is 1. The molecule has 1 aromatic heterocycles. The SMILES string of the molecule is Cc1nc(CC(=O)N[C@@H]2c3ccccc3C[C@@H]2O)cs1. The van der Waals surface area contributed by atoms with Crippen molar-refractivity contribution in [2.24, 2.45) is 0 Å². The fourth-order valence-corrected chi connectivity index (χ4v) is 3.24. The highest BCUT2D eigenvalue weighted by Crippen LogP contribution is 2.31. The molecule has 1 aliphatic carbocycles. The molecule has 1 heterocycles. The van der Waals surface area contributed by atoms with Gasteiger partial charge >= 0.3 is 0 Å². The van der Waals surface area contributed by atoms with Gasteiger partial charge in [0.2, 0.25) is 5.91 Å². The van der Waals surface area contributed by atoms with Crippen molar-refractivity contribution < 1.29 is 9.90 Å². The molecule has 2 N–H and O–H groups in total. The van der Waals surface area contributed by atoms with Crippen LogP contribution in [0.25, 0.3) is 0 Å². The quantitative estimate of drug-likeness (QED) is 0.905. The van der Waals surface area contributed by atoms with Crippen LogP contribution in [-0.4, -0.2) is 22.1 Å². The number of nitrogens with zero attached hydrogens (tertiary/aromatic N) is 1. The Morgan fingerprint density at radius 2 is 2.30 bits per heavy atom. The van der Waals surface area contributed by atoms with Crippen molar-refractivity contribution in [3.05, 3.63) is 51.5 Å². The number of hydrogen-bond donors (Lipinski definition) is 2. The van der Waals surface area contributed by atoms with E-state index in [1.165, 1.54) is 11.3 Å². The van der Waals surface area contributed by atoms with Crippen LogP contribution in [0.4, 0.5) is 0 Å². The number of aliphatic hydroxyl groups is 1. The van der Waals surface area contributed by atoms with E-state index in [0.29, 0.717) is 6.42 Å². The molecule has 0 fully saturated rings. The zero-order chi connectivity index (χ0) is 14.1. The second kappa shape index (κ2) is 5.34. The highest BCUT2D eigenvalue weighted by Gasteiger charge is 2.31. The molecule has 0 radical (unpaired) electrons. The highest BCUT2D eigenvalue weighted by atomic mass is 32.1. The van der Waals surface area contributed by atoms with Crippen LogP contribution < -0.4 is 5.32 Å². The van der Waals surface area contributed by atoms with E-state index in [0.717, 1.165) is 21.8 Å². The number of carbonyl (C=O) groups is 1. The van der Waals surface area contributed by atoms with Gasteiger partial charge in [0.25, 0.3) is 0 Å². The number of hydrogen-bond acceptors (Lipinski definition) is 4. The Labute approximate surface area is 121 Å². The summed E-state index contributed by atoms with van der Waals surface area (Å²) < 4.78 is 0. The van der Waals surface area contributed by atoms with Gasteiger partial charge in [0.15, 0.2) is 0 Å². The predicted molar refractivity (Wildman–Crippen MR) is 77.6 cm³/mol. The maximum atomic E-state index is 12.1. The molecular weight excluding hydrogens is 272 g/mol. The van der Waals surface area contributed by atoms with E-state index in [1.807, 2.05) is 36.6 Å². The number of rotatable bonds is 3. The lowest BCUT2D eigenvalue weighted by atomic mass is 10.1. The van der Waals surface area contributed by atoms with Crippen LogP contribution in [0.3, 0.4) is 0 Å². The van der Waals surface area contributed by atoms with Gasteiger partial charge in [-0.1, -0.05) is 24.3 Å². The maximum Gasteiger partial charge on any atom is 0.226 e. The van der Waals surface area contributed by atoms with Gasteiger partial charge in [-0.3, -0.25) is 4.79 Å². The molecule has 5 heteroatoms. The lowest BCUT2D eigenvalue weighted by Gasteiger charge is -2.17. The first-order valence-electron chi connectivity index (χ1n) is 6.59. The first-order valence-corrected chi connectivity index (χ1v) is 7.47. The van der Waals surface area contributed by atoms with Crippen LogP contribution >= 0.6 is 11.3 Å². The summed E-state index contributed by atoms with van der Waals surface area (Å²) in [7, 11) is 0. The second-order valence-corrected chi connectivity index (χ2v) is 6.11. The van der Waals surface area contributed by atoms with E-state index < -0.39 is 6.10 Å². The van der Waals surface area contributed by atoms with Gasteiger partial charge in [-0.25, -0.2) is 4.98 Å². The Morgan fingerprint density at radius 1 is 1.50 bits per heavy atom. The van der Waals surface area contributed by atoms with Crippen molar-refractivity contribution in [1.29, 1.82) is 0 Å². The molecule has 104 valence electrons. The van der Waals surface area contributed by atoms with Crippen molar-refractivity contribution in [3.8, 4) is 0 Å². The number of carbonyl (C=O) groups excluding carboxylic acids is 1. The lowest BCUT2D eigenvalue weighted by Crippen LogP contribution is -2.34. The van der Waals surface area contributed by atoms with Gasteiger partial charge in [-0.2, -0.15) is 0 Å². The third-order valence-corrected chi connectivity index (χ3v) is 4.35. The standard InChI is InChI=1S/C15H16N2O2S/c1-9-16-11(8-20-9)7-14(19)17-15-12-5-3-2-4-10(12)6-13(15)18/h2-5,8,13,15,18H,6-7H2,1H3,(H,17,19)/t13-,15+/m0/s1. The molecule has 20 heavy (non-hydrogen) atoms. The van der Waals surface area contributed by atoms with E-state index in [2.05, 4.69) is 10.3 Å². The molecule has 0 bridgehead atoms. The van der Waals surface area contributed by atoms with E-state index in [4.69, 9.17) is 0 Å². The number of aryl methyl sites for hydroxylation is 1. The smallest absolute Gasteiger partial charge is 0.226 e. The Hall–Kier alpha value is -1.72. The summed E-state index contributed by atoms with van der Waals surface area (Å²) in [4.78, 5) is 16.4. The fourth-order valence-electron chi connectivity index (χ4n) is 2.63. The molecule has 2 atom stereocenters. The molecule has 1 aromatic carbocycles. The molecule has 0 saturated heterocycles. The van der Waals surface area contributed by atoms with Crippen molar-refractivity contribution in [2.45, 2.75) is 31.9 Å². The summed E-state index contributed by atoms with van der Waals surface area (Å²) in [5.41, 5.74) is 2.91. The lowest BCUT2D eigenvalue weighted by molar-refractivity contribution is -0.122. The zero-order valence-corrected chi connectivity index (χ0v) is 12.0. The highest BCUT2D eigenvalue weighted by molar-refractivity contribution is 7.09. The molecule has 0 spiro atoms. The molecule has 1 amide bonds. The number of nitrogens with one attached hydrogen (secondary N) is 1. The van der Waals surface area contributed by atoms with Crippen LogP contribution in [0.5, 0.6) is 0 Å². The summed E-state index contributed by atoms with van der Waals surface area (Å²) in [5.74, 6) is -0.101. The van der Waals surface area contributed by atoms with Gasteiger partial charge in [0, 0.05) is 11.8 Å². The number of benzene rings is 1. The minimum absolute atomic E-state index is 0.101. The van der Waals surface area contributed by atoms with E-state index >= 15 is 0 Å². The largest absolute Gasteiger partial charge is 0.390 e. The van der Waals surface area contributed by atoms with Crippen LogP contribution in [0.1, 0.15) is 27.9 Å². The average Bonchev–Trinajstić information content (AvgIpc) is 2.94. The topological polar surface area (TPSA) is 62.2 Å². The summed E-state index contributed by atoms with van der Waals surface area (Å²) in [6.07, 6.45) is 0.306. The summed E-state index contributed by atoms with van der Waals surface area (Å²) in [6.45, 7) is 1.92. The van der Waals surface area contributed by atoms with Crippen molar-refractivity contribution in [2.75, 3.05) is 0 Å². The van der Waals surface area contributed by atoms with E-state index in [1.54, 1.807) is 0 Å². The van der Waals surface area contributed by atoms with Gasteiger partial charge in [0.05, 0.1) is 29.3 Å². The molecule has 2 aromatic rings. The Morgan fingerprint density at radius 3 is 3.05 bits per heavy atom. The van der Waals surface area contributed by atoms with Crippen molar-refractivity contribution in [1.82, 2.24) is 10.3 Å². The van der Waals surface area contributed by atoms with Crippen LogP contribution in [-0.2, 0) is 17.6 Å². The van der Waals surface area contributed by atoms with Gasteiger partial charge < -0.3 is 10.4 Å². The minimum atomic E-state index is -0.548. The third kappa shape index (κ3) is 2.59. The maximum absolute atomic E-state index is 12.1. The molecule has 1 aliphatic rings. The van der Waals surface area contributed by atoms with Crippen LogP contribution in [0.15, 0.2) is 29.6 Å². The van der Waals surface area contributed by atoms with Crippen molar-refractivity contribution >= 4 is 17.2 Å². The first-order chi connectivity index (χ1) is 9.63. The molecular formula is C15H16N2O2S. The first kappa shape index (κ1) is 13.3. The molecule has 0 unspecified atom stereocenters. The minimum Gasteiger partial charge on any atom is -0.390 e. The monoisotopic (exact) mass is 288 g/mol. The van der Waals surface area contributed by atoms with E-state index in [-0.39, 0.29) is 18.4 Å². The Kier molecular flexibility index (Phi) is 3.54. The third-order valence-electron chi connectivity index (χ3n) is 3.53. The molecule has 4 nitrogen and oxygen atoms in total. The number of aromatic nitrogens is 1. The van der Waals surface area contributed by atoms with Crippen molar-refractivity contribution in [3.63, 3.8) is 0 Å². The number of thiazole rings is 1. The predicted octanol–water partition coefficient (Wildman–Crippen LogP) is 1.77. The average molecular weight is 288 g/mol. The normalized spacial score (nSPS) is 20.7. The van der Waals surface area contributed by atoms with Gasteiger partial charge in [-0.05, 0) is 18.1 Å². The second-order valence-electron chi connectivity index (χ2n) is 5.05. The van der Waals surface area contributed by atoms with Gasteiger partial charge in [0.1, 0.15) is 0 Å². The summed E-state index contributed by atoms with van der Waals surface area (Å²) >= 11 is 1.54. The summed E-state index contributed by atoms with van der Waals surface area (Å²) in [6, 6.07) is 7.53. The zero-order valence-electron chi connectivity index (χ0n) is 11.2. The summed E-state index contributed by atoms with van der Waals surface area (Å²) in [5, 5.41) is 15.9. The Balaban J connectivity index is 1.70. The Bertz CT molecular complexity index is 638. The number of aliphatic hydroxyl groups excluding tert-OH is 1. The molecule has 3 rings (SSSR count).